The maximum Gasteiger partial charge on any atom is 0.338 e. The van der Waals surface area contributed by atoms with E-state index in [-0.39, 0.29) is 6.61 Å². The minimum absolute atomic E-state index is 0.147. The van der Waals surface area contributed by atoms with Crippen LogP contribution in [0.3, 0.4) is 0 Å². The predicted octanol–water partition coefficient (Wildman–Crippen LogP) is -0.0635. The number of hydrogen-bond donors (Lipinski definition) is 2. The van der Waals surface area contributed by atoms with Crippen LogP contribution in [0.2, 0.25) is 0 Å². The van der Waals surface area contributed by atoms with Crippen molar-refractivity contribution in [1.29, 1.82) is 0 Å². The quantitative estimate of drug-likeness (QED) is 0.744. The molecule has 1 saturated heterocycles. The van der Waals surface area contributed by atoms with Gasteiger partial charge in [-0.2, -0.15) is 0 Å². The number of carbonyl (C=O) groups is 1. The van der Waals surface area contributed by atoms with Crippen LogP contribution >= 0.6 is 0 Å². The molecule has 0 bridgehead atoms. The van der Waals surface area contributed by atoms with Crippen molar-refractivity contribution < 1.29 is 29.2 Å². The molecule has 6 nitrogen and oxygen atoms in total. The lowest BCUT2D eigenvalue weighted by molar-refractivity contribution is -0.140. The van der Waals surface area contributed by atoms with Gasteiger partial charge in [0.05, 0.1) is 5.56 Å². The van der Waals surface area contributed by atoms with Crippen LogP contribution in [0.25, 0.3) is 0 Å². The van der Waals surface area contributed by atoms with Gasteiger partial charge in [0.2, 0.25) is 0 Å². The lowest BCUT2D eigenvalue weighted by Gasteiger charge is -2.16. The molecule has 4 atom stereocenters. The van der Waals surface area contributed by atoms with Crippen molar-refractivity contribution in [2.75, 3.05) is 13.7 Å². The molecule has 0 amide bonds. The maximum atomic E-state index is 11.7. The average Bonchev–Trinajstić information content (AvgIpc) is 2.71. The fourth-order valence-electron chi connectivity index (χ4n) is 1.93. The van der Waals surface area contributed by atoms with Crippen LogP contribution in [0.4, 0.5) is 0 Å². The molecule has 1 aromatic carbocycles. The van der Waals surface area contributed by atoms with E-state index in [1.807, 2.05) is 0 Å². The van der Waals surface area contributed by atoms with Gasteiger partial charge in [-0.15, -0.1) is 0 Å². The minimum atomic E-state index is -1.22. The first kappa shape index (κ1) is 14.0. The number of benzene rings is 1. The van der Waals surface area contributed by atoms with E-state index in [4.69, 9.17) is 14.2 Å². The highest BCUT2D eigenvalue weighted by atomic mass is 16.7. The van der Waals surface area contributed by atoms with Gasteiger partial charge in [0.1, 0.15) is 24.9 Å². The highest BCUT2D eigenvalue weighted by molar-refractivity contribution is 5.89. The molecule has 6 heteroatoms. The molecule has 1 fully saturated rings. The number of rotatable bonds is 4. The van der Waals surface area contributed by atoms with E-state index in [1.54, 1.807) is 30.3 Å². The highest BCUT2D eigenvalue weighted by Crippen LogP contribution is 2.22. The second kappa shape index (κ2) is 6.12. The summed E-state index contributed by atoms with van der Waals surface area (Å²) in [4.78, 5) is 11.7. The zero-order chi connectivity index (χ0) is 13.8. The lowest BCUT2D eigenvalue weighted by Crippen LogP contribution is -2.36. The van der Waals surface area contributed by atoms with E-state index in [9.17, 15) is 15.0 Å². The first-order valence-electron chi connectivity index (χ1n) is 5.90. The zero-order valence-corrected chi connectivity index (χ0v) is 10.4. The van der Waals surface area contributed by atoms with E-state index >= 15 is 0 Å². The number of methoxy groups -OCH3 is 1. The summed E-state index contributed by atoms with van der Waals surface area (Å²) in [5, 5.41) is 19.3. The molecule has 4 unspecified atom stereocenters. The smallest absolute Gasteiger partial charge is 0.338 e. The Kier molecular flexibility index (Phi) is 4.49. The van der Waals surface area contributed by atoms with Crippen LogP contribution in [0, 0.1) is 0 Å². The van der Waals surface area contributed by atoms with Crippen LogP contribution in [0.15, 0.2) is 30.3 Å². The summed E-state index contributed by atoms with van der Waals surface area (Å²) in [7, 11) is 1.36. The van der Waals surface area contributed by atoms with Crippen LogP contribution in [0.1, 0.15) is 10.4 Å². The molecule has 0 aliphatic carbocycles. The van der Waals surface area contributed by atoms with E-state index in [0.29, 0.717) is 5.56 Å². The van der Waals surface area contributed by atoms with Crippen LogP contribution in [-0.2, 0) is 14.2 Å². The Morgan fingerprint density at radius 2 is 2.00 bits per heavy atom. The Labute approximate surface area is 110 Å². The van der Waals surface area contributed by atoms with Crippen molar-refractivity contribution >= 4 is 5.97 Å². The van der Waals surface area contributed by atoms with Crippen molar-refractivity contribution in [3.63, 3.8) is 0 Å². The summed E-state index contributed by atoms with van der Waals surface area (Å²) < 4.78 is 15.0. The average molecular weight is 268 g/mol. The predicted molar refractivity (Wildman–Crippen MR) is 64.4 cm³/mol. The Bertz CT molecular complexity index is 420. The molecule has 0 radical (unpaired) electrons. The first-order valence-corrected chi connectivity index (χ1v) is 5.90. The normalized spacial score (nSPS) is 30.3. The van der Waals surface area contributed by atoms with Gasteiger partial charge in [0.25, 0.3) is 0 Å². The second-order valence-electron chi connectivity index (χ2n) is 4.22. The van der Waals surface area contributed by atoms with Crippen LogP contribution in [-0.4, -0.2) is 54.5 Å². The second-order valence-corrected chi connectivity index (χ2v) is 4.22. The highest BCUT2D eigenvalue weighted by Gasteiger charge is 2.43. The molecule has 2 rings (SSSR count). The van der Waals surface area contributed by atoms with Gasteiger partial charge in [-0.25, -0.2) is 4.79 Å². The molecule has 0 saturated carbocycles. The first-order chi connectivity index (χ1) is 9.13. The van der Waals surface area contributed by atoms with Gasteiger partial charge in [-0.3, -0.25) is 0 Å². The molecular weight excluding hydrogens is 252 g/mol. The fraction of sp³-hybridized carbons (Fsp3) is 0.462. The molecule has 104 valence electrons. The summed E-state index contributed by atoms with van der Waals surface area (Å²) in [5.41, 5.74) is 0.416. The standard InChI is InChI=1S/C13H16O6/c1-17-11-10(14)9(19-13(11)16)7-18-12(15)8-5-3-2-4-6-8/h2-6,9-11,13-14,16H,7H2,1H3. The van der Waals surface area contributed by atoms with Gasteiger partial charge in [-0.05, 0) is 12.1 Å². The van der Waals surface area contributed by atoms with E-state index in [0.717, 1.165) is 0 Å². The van der Waals surface area contributed by atoms with Gasteiger partial charge in [0, 0.05) is 7.11 Å². The molecule has 1 aliphatic rings. The van der Waals surface area contributed by atoms with Crippen LogP contribution < -0.4 is 0 Å². The van der Waals surface area contributed by atoms with Gasteiger partial charge < -0.3 is 24.4 Å². The number of aliphatic hydroxyl groups excluding tert-OH is 2. The molecule has 0 aromatic heterocycles. The van der Waals surface area contributed by atoms with Gasteiger partial charge in [-0.1, -0.05) is 18.2 Å². The Morgan fingerprint density at radius 1 is 1.32 bits per heavy atom. The SMILES string of the molecule is COC1C(O)OC(COC(=O)c2ccccc2)C1O. The maximum absolute atomic E-state index is 11.7. The Morgan fingerprint density at radius 3 is 2.58 bits per heavy atom. The summed E-state index contributed by atoms with van der Waals surface area (Å²) in [6.07, 6.45) is -3.89. The number of esters is 1. The van der Waals surface area contributed by atoms with Crippen molar-refractivity contribution in [3.8, 4) is 0 Å². The molecule has 1 heterocycles. The number of hydrogen-bond acceptors (Lipinski definition) is 6. The molecule has 1 aromatic rings. The topological polar surface area (TPSA) is 85.2 Å². The molecule has 0 spiro atoms. The molecule has 19 heavy (non-hydrogen) atoms. The number of aliphatic hydroxyl groups is 2. The third-order valence-electron chi connectivity index (χ3n) is 2.97. The Balaban J connectivity index is 1.88. The van der Waals surface area contributed by atoms with Crippen molar-refractivity contribution in [2.45, 2.75) is 24.6 Å². The zero-order valence-electron chi connectivity index (χ0n) is 10.4. The lowest BCUT2D eigenvalue weighted by atomic mass is 10.1. The fourth-order valence-corrected chi connectivity index (χ4v) is 1.93. The third kappa shape index (κ3) is 3.10. The van der Waals surface area contributed by atoms with Crippen molar-refractivity contribution in [2.24, 2.45) is 0 Å². The molecular formula is C13H16O6. The summed E-state index contributed by atoms with van der Waals surface area (Å²) in [6, 6.07) is 8.49. The van der Waals surface area contributed by atoms with E-state index in [1.165, 1.54) is 7.11 Å². The third-order valence-corrected chi connectivity index (χ3v) is 2.97. The molecule has 2 N–H and O–H groups in total. The van der Waals surface area contributed by atoms with Gasteiger partial charge >= 0.3 is 5.97 Å². The largest absolute Gasteiger partial charge is 0.459 e. The van der Waals surface area contributed by atoms with E-state index in [2.05, 4.69) is 0 Å². The summed E-state index contributed by atoms with van der Waals surface area (Å²) >= 11 is 0. The minimum Gasteiger partial charge on any atom is -0.459 e. The van der Waals surface area contributed by atoms with E-state index < -0.39 is 30.6 Å². The van der Waals surface area contributed by atoms with Crippen molar-refractivity contribution in [3.05, 3.63) is 35.9 Å². The number of ether oxygens (including phenoxy) is 3. The summed E-state index contributed by atoms with van der Waals surface area (Å²) in [6.45, 7) is -0.147. The summed E-state index contributed by atoms with van der Waals surface area (Å²) in [5.74, 6) is -0.508. The molecule has 1 aliphatic heterocycles. The van der Waals surface area contributed by atoms with Gasteiger partial charge in [0.15, 0.2) is 6.29 Å². The van der Waals surface area contributed by atoms with Crippen molar-refractivity contribution in [1.82, 2.24) is 0 Å². The Hall–Kier alpha value is -1.47. The number of carbonyl (C=O) groups excluding carboxylic acids is 1. The van der Waals surface area contributed by atoms with Crippen LogP contribution in [0.5, 0.6) is 0 Å². The monoisotopic (exact) mass is 268 g/mol.